The van der Waals surface area contributed by atoms with Gasteiger partial charge in [-0.1, -0.05) is 42.5 Å². The molecule has 0 radical (unpaired) electrons. The normalized spacial score (nSPS) is 12.6. The molecule has 0 fully saturated rings. The number of carbonyl (C=O) groups is 1. The number of ketones is 1. The minimum atomic E-state index is -0.00917. The Morgan fingerprint density at radius 3 is 2.62 bits per heavy atom. The van der Waals surface area contributed by atoms with Crippen LogP contribution in [0, 0.1) is 0 Å². The molecule has 3 aromatic carbocycles. The van der Waals surface area contributed by atoms with Crippen LogP contribution in [0.2, 0.25) is 0 Å². The molecule has 3 nitrogen and oxygen atoms in total. The lowest BCUT2D eigenvalue weighted by Crippen LogP contribution is -2.02. The van der Waals surface area contributed by atoms with E-state index in [1.807, 2.05) is 42.5 Å². The van der Waals surface area contributed by atoms with Gasteiger partial charge in [0.25, 0.3) is 0 Å². The molecule has 1 aliphatic rings. The maximum absolute atomic E-state index is 12.8. The highest BCUT2D eigenvalue weighted by Crippen LogP contribution is 2.33. The van der Waals surface area contributed by atoms with E-state index in [-0.39, 0.29) is 12.6 Å². The Morgan fingerprint density at radius 2 is 1.67 bits per heavy atom. The predicted octanol–water partition coefficient (Wildman–Crippen LogP) is 3.80. The Kier molecular flexibility index (Phi) is 2.64. The third kappa shape index (κ3) is 1.94. The minimum Gasteiger partial charge on any atom is -0.454 e. The summed E-state index contributed by atoms with van der Waals surface area (Å²) < 4.78 is 10.6. The number of hydrogen-bond acceptors (Lipinski definition) is 3. The van der Waals surface area contributed by atoms with Crippen LogP contribution >= 0.6 is 0 Å². The molecule has 0 N–H and O–H groups in total. The van der Waals surface area contributed by atoms with Crippen molar-refractivity contribution in [2.75, 3.05) is 6.79 Å². The van der Waals surface area contributed by atoms with Crippen molar-refractivity contribution in [3.8, 4) is 11.5 Å². The summed E-state index contributed by atoms with van der Waals surface area (Å²) >= 11 is 0. The molecule has 21 heavy (non-hydrogen) atoms. The topological polar surface area (TPSA) is 35.5 Å². The summed E-state index contributed by atoms with van der Waals surface area (Å²) in [4.78, 5) is 12.8. The molecule has 0 bridgehead atoms. The minimum absolute atomic E-state index is 0.00917. The molecule has 102 valence electrons. The molecule has 0 aromatic heterocycles. The lowest BCUT2D eigenvalue weighted by Gasteiger charge is -2.06. The molecule has 0 aliphatic carbocycles. The van der Waals surface area contributed by atoms with Crippen LogP contribution in [-0.4, -0.2) is 12.6 Å². The van der Waals surface area contributed by atoms with E-state index in [9.17, 15) is 4.79 Å². The molecular weight excluding hydrogens is 264 g/mol. The fourth-order valence-electron chi connectivity index (χ4n) is 2.62. The van der Waals surface area contributed by atoms with Crippen LogP contribution in [0.15, 0.2) is 60.7 Å². The molecule has 3 heteroatoms. The second-order valence-electron chi connectivity index (χ2n) is 4.92. The van der Waals surface area contributed by atoms with Gasteiger partial charge in [0.1, 0.15) is 0 Å². The van der Waals surface area contributed by atoms with Crippen LogP contribution in [-0.2, 0) is 0 Å². The standard InChI is InChI=1S/C18H12O3/c19-18(13-8-9-16-17(10-13)21-11-20-16)15-7-3-5-12-4-1-2-6-14(12)15/h1-10H,11H2. The lowest BCUT2D eigenvalue weighted by atomic mass is 9.97. The Labute approximate surface area is 121 Å². The van der Waals surface area contributed by atoms with E-state index >= 15 is 0 Å². The summed E-state index contributed by atoms with van der Waals surface area (Å²) in [5.41, 5.74) is 1.31. The Bertz CT molecular complexity index is 847. The summed E-state index contributed by atoms with van der Waals surface area (Å²) in [6.07, 6.45) is 0. The van der Waals surface area contributed by atoms with E-state index in [1.165, 1.54) is 0 Å². The third-order valence-electron chi connectivity index (χ3n) is 3.67. The molecule has 0 atom stereocenters. The Hall–Kier alpha value is -2.81. The molecular formula is C18H12O3. The average molecular weight is 276 g/mol. The molecule has 1 aliphatic heterocycles. The van der Waals surface area contributed by atoms with Gasteiger partial charge < -0.3 is 9.47 Å². The first kappa shape index (κ1) is 12.0. The summed E-state index contributed by atoms with van der Waals surface area (Å²) in [7, 11) is 0. The van der Waals surface area contributed by atoms with Crippen molar-refractivity contribution in [3.05, 3.63) is 71.8 Å². The largest absolute Gasteiger partial charge is 0.454 e. The van der Waals surface area contributed by atoms with Gasteiger partial charge in [-0.2, -0.15) is 0 Å². The first-order chi connectivity index (χ1) is 10.3. The summed E-state index contributed by atoms with van der Waals surface area (Å²) in [5.74, 6) is 1.30. The molecule has 0 saturated carbocycles. The Morgan fingerprint density at radius 1 is 0.857 bits per heavy atom. The van der Waals surface area contributed by atoms with Crippen molar-refractivity contribution in [1.29, 1.82) is 0 Å². The van der Waals surface area contributed by atoms with Crippen LogP contribution in [0.3, 0.4) is 0 Å². The van der Waals surface area contributed by atoms with Crippen molar-refractivity contribution in [2.45, 2.75) is 0 Å². The van der Waals surface area contributed by atoms with Crippen LogP contribution in [0.4, 0.5) is 0 Å². The van der Waals surface area contributed by atoms with Crippen molar-refractivity contribution >= 4 is 16.6 Å². The maximum atomic E-state index is 12.8. The van der Waals surface area contributed by atoms with Gasteiger partial charge in [-0.15, -0.1) is 0 Å². The van der Waals surface area contributed by atoms with E-state index in [0.29, 0.717) is 22.6 Å². The van der Waals surface area contributed by atoms with Crippen LogP contribution in [0.1, 0.15) is 15.9 Å². The summed E-state index contributed by atoms with van der Waals surface area (Å²) in [5, 5.41) is 2.02. The van der Waals surface area contributed by atoms with Crippen molar-refractivity contribution in [1.82, 2.24) is 0 Å². The van der Waals surface area contributed by atoms with E-state index in [1.54, 1.807) is 18.2 Å². The van der Waals surface area contributed by atoms with Crippen molar-refractivity contribution < 1.29 is 14.3 Å². The number of fused-ring (bicyclic) bond motifs is 2. The third-order valence-corrected chi connectivity index (χ3v) is 3.67. The van der Waals surface area contributed by atoms with Gasteiger partial charge in [0.2, 0.25) is 6.79 Å². The van der Waals surface area contributed by atoms with Gasteiger partial charge in [0.15, 0.2) is 17.3 Å². The lowest BCUT2D eigenvalue weighted by molar-refractivity contribution is 0.104. The first-order valence-electron chi connectivity index (χ1n) is 6.75. The molecule has 4 rings (SSSR count). The highest BCUT2D eigenvalue weighted by molar-refractivity contribution is 6.16. The van der Waals surface area contributed by atoms with Gasteiger partial charge in [-0.05, 0) is 29.0 Å². The van der Waals surface area contributed by atoms with Crippen molar-refractivity contribution in [2.24, 2.45) is 0 Å². The predicted molar refractivity (Wildman–Crippen MR) is 79.9 cm³/mol. The van der Waals surface area contributed by atoms with Gasteiger partial charge in [-0.3, -0.25) is 4.79 Å². The van der Waals surface area contributed by atoms with E-state index in [0.717, 1.165) is 10.8 Å². The zero-order chi connectivity index (χ0) is 14.2. The fraction of sp³-hybridized carbons (Fsp3) is 0.0556. The monoisotopic (exact) mass is 276 g/mol. The van der Waals surface area contributed by atoms with Gasteiger partial charge >= 0.3 is 0 Å². The maximum Gasteiger partial charge on any atom is 0.231 e. The highest BCUT2D eigenvalue weighted by atomic mass is 16.7. The molecule has 1 heterocycles. The molecule has 0 spiro atoms. The second-order valence-corrected chi connectivity index (χ2v) is 4.92. The second kappa shape index (κ2) is 4.63. The number of rotatable bonds is 2. The molecule has 0 saturated heterocycles. The van der Waals surface area contributed by atoms with E-state index in [4.69, 9.17) is 9.47 Å². The van der Waals surface area contributed by atoms with E-state index in [2.05, 4.69) is 0 Å². The van der Waals surface area contributed by atoms with Crippen molar-refractivity contribution in [3.63, 3.8) is 0 Å². The summed E-state index contributed by atoms with van der Waals surface area (Å²) in [6, 6.07) is 18.9. The number of ether oxygens (including phenoxy) is 2. The quantitative estimate of drug-likeness (QED) is 0.668. The zero-order valence-corrected chi connectivity index (χ0v) is 11.2. The number of benzene rings is 3. The van der Waals surface area contributed by atoms with Crippen LogP contribution in [0.25, 0.3) is 10.8 Å². The smallest absolute Gasteiger partial charge is 0.231 e. The van der Waals surface area contributed by atoms with Crippen LogP contribution < -0.4 is 9.47 Å². The van der Waals surface area contributed by atoms with Crippen LogP contribution in [0.5, 0.6) is 11.5 Å². The number of carbonyl (C=O) groups excluding carboxylic acids is 1. The fourth-order valence-corrected chi connectivity index (χ4v) is 2.62. The number of hydrogen-bond donors (Lipinski definition) is 0. The van der Waals surface area contributed by atoms with E-state index < -0.39 is 0 Å². The highest BCUT2D eigenvalue weighted by Gasteiger charge is 2.18. The summed E-state index contributed by atoms with van der Waals surface area (Å²) in [6.45, 7) is 0.210. The Balaban J connectivity index is 1.83. The average Bonchev–Trinajstić information content (AvgIpc) is 3.01. The molecule has 0 unspecified atom stereocenters. The SMILES string of the molecule is O=C(c1ccc2c(c1)OCO2)c1cccc2ccccc12. The van der Waals surface area contributed by atoms with Gasteiger partial charge in [0, 0.05) is 11.1 Å². The molecule has 3 aromatic rings. The first-order valence-corrected chi connectivity index (χ1v) is 6.75. The van der Waals surface area contributed by atoms with Gasteiger partial charge in [-0.25, -0.2) is 0 Å². The molecule has 0 amide bonds. The zero-order valence-electron chi connectivity index (χ0n) is 11.2. The van der Waals surface area contributed by atoms with Gasteiger partial charge in [0.05, 0.1) is 0 Å².